The summed E-state index contributed by atoms with van der Waals surface area (Å²) in [4.78, 5) is 13.5. The van der Waals surface area contributed by atoms with E-state index < -0.39 is 0 Å². The minimum absolute atomic E-state index is 0.164. The van der Waals surface area contributed by atoms with Gasteiger partial charge in [0.15, 0.2) is 0 Å². The van der Waals surface area contributed by atoms with E-state index >= 15 is 0 Å². The summed E-state index contributed by atoms with van der Waals surface area (Å²) < 4.78 is 0. The van der Waals surface area contributed by atoms with Crippen molar-refractivity contribution in [3.05, 3.63) is 29.3 Å². The van der Waals surface area contributed by atoms with Gasteiger partial charge in [0.2, 0.25) is 5.91 Å². The van der Waals surface area contributed by atoms with Crippen LogP contribution in [0.1, 0.15) is 45.2 Å². The van der Waals surface area contributed by atoms with E-state index in [-0.39, 0.29) is 5.91 Å². The van der Waals surface area contributed by atoms with Crippen LogP contribution in [0, 0.1) is 0 Å². The second-order valence-corrected chi connectivity index (χ2v) is 4.05. The van der Waals surface area contributed by atoms with Gasteiger partial charge in [-0.2, -0.15) is 0 Å². The zero-order valence-electron chi connectivity index (χ0n) is 11.4. The smallest absolute Gasteiger partial charge is 0.223 e. The SMILES string of the molecule is CC.CCc1cccc2c1N(C(C)=O)CCC2. The van der Waals surface area contributed by atoms with Crippen molar-refractivity contribution >= 4 is 11.6 Å². The van der Waals surface area contributed by atoms with E-state index in [4.69, 9.17) is 0 Å². The number of hydrogen-bond donors (Lipinski definition) is 0. The Labute approximate surface area is 105 Å². The molecule has 0 N–H and O–H groups in total. The quantitative estimate of drug-likeness (QED) is 0.726. The Hall–Kier alpha value is -1.31. The maximum absolute atomic E-state index is 11.6. The highest BCUT2D eigenvalue weighted by molar-refractivity contribution is 5.93. The third-order valence-corrected chi connectivity index (χ3v) is 3.06. The Bertz CT molecular complexity index is 370. The number of benzene rings is 1. The Kier molecular flexibility index (Phi) is 5.20. The molecule has 1 aliphatic rings. The zero-order valence-corrected chi connectivity index (χ0v) is 11.4. The lowest BCUT2D eigenvalue weighted by atomic mass is 9.96. The van der Waals surface area contributed by atoms with Crippen LogP contribution in [0.25, 0.3) is 0 Å². The van der Waals surface area contributed by atoms with Crippen LogP contribution in [0.3, 0.4) is 0 Å². The number of amides is 1. The molecule has 1 heterocycles. The zero-order chi connectivity index (χ0) is 12.8. The highest BCUT2D eigenvalue weighted by atomic mass is 16.2. The van der Waals surface area contributed by atoms with Crippen molar-refractivity contribution in [1.82, 2.24) is 0 Å². The second-order valence-electron chi connectivity index (χ2n) is 4.05. The van der Waals surface area contributed by atoms with Gasteiger partial charge in [0.1, 0.15) is 0 Å². The molecular weight excluding hydrogens is 210 g/mol. The normalized spacial score (nSPS) is 13.5. The van der Waals surface area contributed by atoms with Gasteiger partial charge in [-0.15, -0.1) is 0 Å². The number of rotatable bonds is 1. The topological polar surface area (TPSA) is 20.3 Å². The van der Waals surface area contributed by atoms with Gasteiger partial charge in [0.25, 0.3) is 0 Å². The monoisotopic (exact) mass is 233 g/mol. The second kappa shape index (κ2) is 6.43. The molecule has 1 aliphatic heterocycles. The first-order valence-corrected chi connectivity index (χ1v) is 6.63. The summed E-state index contributed by atoms with van der Waals surface area (Å²) in [5.74, 6) is 0.164. The maximum atomic E-state index is 11.6. The molecule has 1 aromatic rings. The van der Waals surface area contributed by atoms with Gasteiger partial charge < -0.3 is 4.90 Å². The van der Waals surface area contributed by atoms with Crippen LogP contribution < -0.4 is 4.90 Å². The van der Waals surface area contributed by atoms with Crippen LogP contribution in [0.5, 0.6) is 0 Å². The van der Waals surface area contributed by atoms with Crippen LogP contribution in [0.15, 0.2) is 18.2 Å². The van der Waals surface area contributed by atoms with Gasteiger partial charge >= 0.3 is 0 Å². The van der Waals surface area contributed by atoms with E-state index in [1.165, 1.54) is 16.8 Å². The highest BCUT2D eigenvalue weighted by Gasteiger charge is 2.21. The van der Waals surface area contributed by atoms with Gasteiger partial charge in [0.05, 0.1) is 0 Å². The molecule has 0 saturated heterocycles. The Morgan fingerprint density at radius 3 is 2.65 bits per heavy atom. The highest BCUT2D eigenvalue weighted by Crippen LogP contribution is 2.31. The lowest BCUT2D eigenvalue weighted by Gasteiger charge is -2.30. The Balaban J connectivity index is 0.000000686. The molecular formula is C15H23NO. The molecule has 0 atom stereocenters. The number of hydrogen-bond acceptors (Lipinski definition) is 1. The van der Waals surface area contributed by atoms with Crippen LogP contribution in [-0.4, -0.2) is 12.5 Å². The van der Waals surface area contributed by atoms with Gasteiger partial charge in [-0.1, -0.05) is 39.0 Å². The summed E-state index contributed by atoms with van der Waals surface area (Å²) in [5.41, 5.74) is 3.80. The average Bonchev–Trinajstić information content (AvgIpc) is 2.39. The molecule has 0 radical (unpaired) electrons. The molecule has 0 aromatic heterocycles. The molecule has 0 aliphatic carbocycles. The third kappa shape index (κ3) is 2.87. The molecule has 0 bridgehead atoms. The fourth-order valence-electron chi connectivity index (χ4n) is 2.33. The largest absolute Gasteiger partial charge is 0.312 e. The molecule has 94 valence electrons. The van der Waals surface area contributed by atoms with Crippen molar-refractivity contribution in [3.8, 4) is 0 Å². The first kappa shape index (κ1) is 13.8. The molecule has 2 nitrogen and oxygen atoms in total. The molecule has 2 heteroatoms. The van der Waals surface area contributed by atoms with E-state index in [0.29, 0.717) is 0 Å². The van der Waals surface area contributed by atoms with Gasteiger partial charge in [-0.25, -0.2) is 0 Å². The number of carbonyl (C=O) groups excluding carboxylic acids is 1. The summed E-state index contributed by atoms with van der Waals surface area (Å²) in [5, 5.41) is 0. The van der Waals surface area contributed by atoms with Crippen molar-refractivity contribution in [2.75, 3.05) is 11.4 Å². The number of carbonyl (C=O) groups is 1. The molecule has 1 amide bonds. The van der Waals surface area contributed by atoms with E-state index in [1.807, 2.05) is 18.7 Å². The predicted octanol–water partition coefficient (Wildman–Crippen LogP) is 3.57. The lowest BCUT2D eigenvalue weighted by molar-refractivity contribution is -0.116. The predicted molar refractivity (Wildman–Crippen MR) is 73.5 cm³/mol. The number of anilines is 1. The van der Waals surface area contributed by atoms with Crippen LogP contribution >= 0.6 is 0 Å². The summed E-state index contributed by atoms with van der Waals surface area (Å²) >= 11 is 0. The number of fused-ring (bicyclic) bond motifs is 1. The van der Waals surface area contributed by atoms with Crippen molar-refractivity contribution in [1.29, 1.82) is 0 Å². The Morgan fingerprint density at radius 2 is 2.06 bits per heavy atom. The fourth-order valence-corrected chi connectivity index (χ4v) is 2.33. The fraction of sp³-hybridized carbons (Fsp3) is 0.533. The lowest BCUT2D eigenvalue weighted by Crippen LogP contribution is -2.34. The maximum Gasteiger partial charge on any atom is 0.223 e. The number of para-hydroxylation sites is 1. The van der Waals surface area contributed by atoms with Crippen LogP contribution in [0.4, 0.5) is 5.69 Å². The van der Waals surface area contributed by atoms with E-state index in [0.717, 1.165) is 25.8 Å². The van der Waals surface area contributed by atoms with Crippen LogP contribution in [-0.2, 0) is 17.6 Å². The third-order valence-electron chi connectivity index (χ3n) is 3.06. The summed E-state index contributed by atoms with van der Waals surface area (Å²) in [6, 6.07) is 6.37. The van der Waals surface area contributed by atoms with E-state index in [9.17, 15) is 4.79 Å². The van der Waals surface area contributed by atoms with E-state index in [1.54, 1.807) is 6.92 Å². The molecule has 17 heavy (non-hydrogen) atoms. The van der Waals surface area contributed by atoms with Crippen molar-refractivity contribution < 1.29 is 4.79 Å². The molecule has 0 spiro atoms. The minimum Gasteiger partial charge on any atom is -0.312 e. The summed E-state index contributed by atoms with van der Waals surface area (Å²) in [6.45, 7) is 8.67. The summed E-state index contributed by atoms with van der Waals surface area (Å²) in [6.07, 6.45) is 3.18. The van der Waals surface area contributed by atoms with Gasteiger partial charge in [0, 0.05) is 19.2 Å². The van der Waals surface area contributed by atoms with Crippen LogP contribution in [0.2, 0.25) is 0 Å². The molecule has 0 saturated carbocycles. The molecule has 0 fully saturated rings. The van der Waals surface area contributed by atoms with Crippen molar-refractivity contribution in [2.24, 2.45) is 0 Å². The standard InChI is InChI=1S/C13H17NO.C2H6/c1-3-11-6-4-7-12-8-5-9-14(10(2)15)13(11)12;1-2/h4,6-7H,3,5,8-9H2,1-2H3;1-2H3. The average molecular weight is 233 g/mol. The van der Waals surface area contributed by atoms with E-state index in [2.05, 4.69) is 25.1 Å². The van der Waals surface area contributed by atoms with Crippen molar-refractivity contribution in [3.63, 3.8) is 0 Å². The molecule has 0 unspecified atom stereocenters. The van der Waals surface area contributed by atoms with Gasteiger partial charge in [-0.05, 0) is 30.4 Å². The first-order chi connectivity index (χ1) is 8.24. The molecule has 1 aromatic carbocycles. The van der Waals surface area contributed by atoms with Crippen molar-refractivity contribution in [2.45, 2.75) is 47.0 Å². The number of nitrogens with zero attached hydrogens (tertiary/aromatic N) is 1. The minimum atomic E-state index is 0.164. The summed E-state index contributed by atoms with van der Waals surface area (Å²) in [7, 11) is 0. The molecule has 2 rings (SSSR count). The Morgan fingerprint density at radius 1 is 1.35 bits per heavy atom. The van der Waals surface area contributed by atoms with Gasteiger partial charge in [-0.3, -0.25) is 4.79 Å². The number of aryl methyl sites for hydroxylation is 2. The first-order valence-electron chi connectivity index (χ1n) is 6.63.